The lowest BCUT2D eigenvalue weighted by Crippen LogP contribution is -2.27. The summed E-state index contributed by atoms with van der Waals surface area (Å²) in [7, 11) is 1.58. The van der Waals surface area contributed by atoms with Gasteiger partial charge < -0.3 is 15.0 Å². The van der Waals surface area contributed by atoms with Gasteiger partial charge in [0.05, 0.1) is 23.4 Å². The zero-order valence-electron chi connectivity index (χ0n) is 16.0. The van der Waals surface area contributed by atoms with Gasteiger partial charge in [-0.05, 0) is 23.8 Å². The molecule has 5 nitrogen and oxygen atoms in total. The highest BCUT2D eigenvalue weighted by atomic mass is 32.2. The van der Waals surface area contributed by atoms with Crippen LogP contribution < -0.4 is 10.1 Å². The summed E-state index contributed by atoms with van der Waals surface area (Å²) in [5.74, 6) is 1.42. The summed E-state index contributed by atoms with van der Waals surface area (Å²) in [4.78, 5) is 19.5. The molecule has 1 fully saturated rings. The number of hydrogen-bond acceptors (Lipinski definition) is 6. The smallest absolute Gasteiger partial charge is 0.262 e. The van der Waals surface area contributed by atoms with Gasteiger partial charge in [-0.3, -0.25) is 4.79 Å². The molecular weight excluding hydrogens is 402 g/mol. The first-order valence-electron chi connectivity index (χ1n) is 9.27. The molecule has 0 bridgehead atoms. The number of thiazole rings is 1. The first kappa shape index (κ1) is 19.5. The Balaban J connectivity index is 1.47. The van der Waals surface area contributed by atoms with Gasteiger partial charge in [-0.1, -0.05) is 42.5 Å². The fraction of sp³-hybridized carbons (Fsp3) is 0.182. The molecule has 4 rings (SSSR count). The van der Waals surface area contributed by atoms with Crippen molar-refractivity contribution in [3.05, 3.63) is 81.8 Å². The van der Waals surface area contributed by atoms with Gasteiger partial charge in [-0.15, -0.1) is 23.1 Å². The Morgan fingerprint density at radius 2 is 2.00 bits per heavy atom. The molecule has 0 atom stereocenters. The summed E-state index contributed by atoms with van der Waals surface area (Å²) in [5, 5.41) is 7.14. The van der Waals surface area contributed by atoms with Crippen LogP contribution in [-0.2, 0) is 6.54 Å². The SMILES string of the molecule is COc1ccccc1C(=O)N1CCS/C1=C/c1csc(NCc2ccccc2)n1. The highest BCUT2D eigenvalue weighted by Crippen LogP contribution is 2.33. The topological polar surface area (TPSA) is 54.5 Å². The van der Waals surface area contributed by atoms with Crippen molar-refractivity contribution in [2.24, 2.45) is 0 Å². The average Bonchev–Trinajstić information content (AvgIpc) is 3.42. The van der Waals surface area contributed by atoms with E-state index >= 15 is 0 Å². The largest absolute Gasteiger partial charge is 0.496 e. The number of methoxy groups -OCH3 is 1. The van der Waals surface area contributed by atoms with E-state index in [0.29, 0.717) is 17.9 Å². The second-order valence-electron chi connectivity index (χ2n) is 6.40. The molecule has 148 valence electrons. The number of benzene rings is 2. The molecule has 2 heterocycles. The molecule has 0 spiro atoms. The number of nitrogens with zero attached hydrogens (tertiary/aromatic N) is 2. The van der Waals surface area contributed by atoms with E-state index in [2.05, 4.69) is 22.4 Å². The summed E-state index contributed by atoms with van der Waals surface area (Å²) in [5.41, 5.74) is 2.64. The first-order valence-corrected chi connectivity index (χ1v) is 11.1. The molecule has 1 amide bonds. The Labute approximate surface area is 178 Å². The van der Waals surface area contributed by atoms with Gasteiger partial charge in [0, 0.05) is 24.2 Å². The average molecular weight is 424 g/mol. The van der Waals surface area contributed by atoms with Gasteiger partial charge in [-0.2, -0.15) is 0 Å². The van der Waals surface area contributed by atoms with Gasteiger partial charge in [-0.25, -0.2) is 4.98 Å². The number of amides is 1. The summed E-state index contributed by atoms with van der Waals surface area (Å²) in [6.45, 7) is 1.41. The van der Waals surface area contributed by atoms with Crippen LogP contribution >= 0.6 is 23.1 Å². The lowest BCUT2D eigenvalue weighted by molar-refractivity contribution is 0.0827. The van der Waals surface area contributed by atoms with Crippen LogP contribution in [0.4, 0.5) is 5.13 Å². The molecule has 3 aromatic rings. The summed E-state index contributed by atoms with van der Waals surface area (Å²) >= 11 is 3.24. The van der Waals surface area contributed by atoms with Crippen molar-refractivity contribution in [3.8, 4) is 5.75 Å². The molecule has 1 saturated heterocycles. The molecule has 0 aliphatic carbocycles. The van der Waals surface area contributed by atoms with Crippen molar-refractivity contribution >= 4 is 40.2 Å². The second kappa shape index (κ2) is 9.15. The quantitative estimate of drug-likeness (QED) is 0.608. The van der Waals surface area contributed by atoms with E-state index < -0.39 is 0 Å². The van der Waals surface area contributed by atoms with Crippen LogP contribution in [0.5, 0.6) is 5.75 Å². The second-order valence-corrected chi connectivity index (χ2v) is 8.38. The van der Waals surface area contributed by atoms with Crippen molar-refractivity contribution in [2.45, 2.75) is 6.54 Å². The van der Waals surface area contributed by atoms with Gasteiger partial charge in [0.15, 0.2) is 5.13 Å². The van der Waals surface area contributed by atoms with Gasteiger partial charge in [0.1, 0.15) is 5.75 Å². The Bertz CT molecular complexity index is 1020. The molecule has 7 heteroatoms. The third kappa shape index (κ3) is 4.63. The van der Waals surface area contributed by atoms with E-state index in [-0.39, 0.29) is 5.91 Å². The Kier molecular flexibility index (Phi) is 6.17. The van der Waals surface area contributed by atoms with Crippen LogP contribution in [0, 0.1) is 0 Å². The molecule has 0 radical (unpaired) electrons. The highest BCUT2D eigenvalue weighted by Gasteiger charge is 2.27. The third-order valence-electron chi connectivity index (χ3n) is 4.49. The van der Waals surface area contributed by atoms with Crippen molar-refractivity contribution < 1.29 is 9.53 Å². The van der Waals surface area contributed by atoms with Crippen LogP contribution in [0.1, 0.15) is 21.6 Å². The number of carbonyl (C=O) groups excluding carboxylic acids is 1. The Morgan fingerprint density at radius 1 is 1.21 bits per heavy atom. The zero-order chi connectivity index (χ0) is 20.1. The number of para-hydroxylation sites is 1. The third-order valence-corrected chi connectivity index (χ3v) is 6.33. The maximum absolute atomic E-state index is 13.1. The molecule has 1 aliphatic rings. The Hall–Kier alpha value is -2.77. The highest BCUT2D eigenvalue weighted by molar-refractivity contribution is 8.03. The monoisotopic (exact) mass is 423 g/mol. The number of aromatic nitrogens is 1. The number of hydrogen-bond donors (Lipinski definition) is 1. The predicted molar refractivity (Wildman–Crippen MR) is 120 cm³/mol. The molecule has 1 aromatic heterocycles. The fourth-order valence-electron chi connectivity index (χ4n) is 3.05. The Morgan fingerprint density at radius 3 is 2.83 bits per heavy atom. The molecule has 2 aromatic carbocycles. The number of ether oxygens (including phenoxy) is 1. The van der Waals surface area contributed by atoms with Crippen molar-refractivity contribution in [1.29, 1.82) is 0 Å². The maximum atomic E-state index is 13.1. The van der Waals surface area contributed by atoms with Crippen LogP contribution in [0.25, 0.3) is 6.08 Å². The van der Waals surface area contributed by atoms with Crippen LogP contribution in [0.15, 0.2) is 65.0 Å². The number of nitrogens with one attached hydrogen (secondary N) is 1. The van der Waals surface area contributed by atoms with Gasteiger partial charge >= 0.3 is 0 Å². The zero-order valence-corrected chi connectivity index (χ0v) is 17.6. The minimum absolute atomic E-state index is 0.0450. The lowest BCUT2D eigenvalue weighted by atomic mass is 10.1. The minimum atomic E-state index is -0.0450. The number of thioether (sulfide) groups is 1. The first-order chi connectivity index (χ1) is 14.2. The van der Waals surface area contributed by atoms with E-state index in [1.165, 1.54) is 5.56 Å². The van der Waals surface area contributed by atoms with E-state index in [1.54, 1.807) is 41.2 Å². The number of rotatable bonds is 6. The minimum Gasteiger partial charge on any atom is -0.496 e. The van der Waals surface area contributed by atoms with Crippen LogP contribution in [0.2, 0.25) is 0 Å². The molecule has 1 aliphatic heterocycles. The van der Waals surface area contributed by atoms with E-state index in [9.17, 15) is 4.79 Å². The molecule has 1 N–H and O–H groups in total. The van der Waals surface area contributed by atoms with E-state index in [4.69, 9.17) is 4.74 Å². The molecule has 0 saturated carbocycles. The summed E-state index contributed by atoms with van der Waals surface area (Å²) in [6.07, 6.45) is 1.98. The number of carbonyl (C=O) groups is 1. The van der Waals surface area contributed by atoms with Crippen molar-refractivity contribution in [3.63, 3.8) is 0 Å². The normalized spacial score (nSPS) is 14.9. The molecular formula is C22H21N3O2S2. The number of anilines is 1. The fourth-order valence-corrected chi connectivity index (χ4v) is 4.74. The van der Waals surface area contributed by atoms with E-state index in [0.717, 1.165) is 28.2 Å². The predicted octanol–water partition coefficient (Wildman–Crippen LogP) is 4.95. The maximum Gasteiger partial charge on any atom is 0.262 e. The van der Waals surface area contributed by atoms with Gasteiger partial charge in [0.25, 0.3) is 5.91 Å². The van der Waals surface area contributed by atoms with Crippen molar-refractivity contribution in [2.75, 3.05) is 24.7 Å². The van der Waals surface area contributed by atoms with Gasteiger partial charge in [0.2, 0.25) is 0 Å². The summed E-state index contributed by atoms with van der Waals surface area (Å²) < 4.78 is 5.35. The standard InChI is InChI=1S/C22H21N3O2S2/c1-27-19-10-6-5-9-18(19)21(26)25-11-12-28-20(25)13-17-15-29-22(24-17)23-14-16-7-3-2-4-8-16/h2-10,13,15H,11-12,14H2,1H3,(H,23,24)/b20-13+. The molecule has 0 unspecified atom stereocenters. The van der Waals surface area contributed by atoms with Crippen molar-refractivity contribution in [1.82, 2.24) is 9.88 Å². The molecule has 29 heavy (non-hydrogen) atoms. The van der Waals surface area contributed by atoms with Crippen LogP contribution in [0.3, 0.4) is 0 Å². The van der Waals surface area contributed by atoms with Crippen LogP contribution in [-0.4, -0.2) is 35.2 Å². The summed E-state index contributed by atoms with van der Waals surface area (Å²) in [6, 6.07) is 17.6. The van der Waals surface area contributed by atoms with E-state index in [1.807, 2.05) is 47.9 Å². The lowest BCUT2D eigenvalue weighted by Gasteiger charge is -2.18.